The van der Waals surface area contributed by atoms with E-state index in [1.165, 1.54) is 0 Å². The first-order chi connectivity index (χ1) is 6.68. The minimum atomic E-state index is -0.0331. The summed E-state index contributed by atoms with van der Waals surface area (Å²) in [5.41, 5.74) is 2.05. The van der Waals surface area contributed by atoms with Gasteiger partial charge >= 0.3 is 0 Å². The fourth-order valence-corrected chi connectivity index (χ4v) is 1.47. The van der Waals surface area contributed by atoms with Crippen LogP contribution in [0, 0.1) is 0 Å². The molecule has 1 heterocycles. The molecule has 1 atom stereocenters. The zero-order valence-electron chi connectivity index (χ0n) is 8.24. The first kappa shape index (κ1) is 8.94. The third-order valence-electron chi connectivity index (χ3n) is 2.57. The maximum Gasteiger partial charge on any atom is 0.136 e. The molecule has 0 aliphatic heterocycles. The second-order valence-corrected chi connectivity index (χ2v) is 3.55. The second kappa shape index (κ2) is 3.25. The van der Waals surface area contributed by atoms with Crippen molar-refractivity contribution in [1.82, 2.24) is 10.2 Å². The number of carbonyl (C=O) groups excluding carboxylic acids is 1. The zero-order valence-corrected chi connectivity index (χ0v) is 8.24. The number of Topliss-reactive ketones (excluding diaryl/α,β-unsaturated/α-hetero) is 1. The minimum Gasteiger partial charge on any atom is -0.299 e. The predicted molar refractivity (Wildman–Crippen MR) is 55.2 cm³/mol. The molecule has 0 saturated heterocycles. The van der Waals surface area contributed by atoms with Crippen molar-refractivity contribution in [3.63, 3.8) is 0 Å². The van der Waals surface area contributed by atoms with Crippen LogP contribution >= 0.6 is 0 Å². The maximum atomic E-state index is 11.2. The van der Waals surface area contributed by atoms with Crippen LogP contribution in [-0.2, 0) is 4.79 Å². The lowest BCUT2D eigenvalue weighted by molar-refractivity contribution is -0.118. The fraction of sp³-hybridized carbons (Fsp3) is 0.273. The summed E-state index contributed by atoms with van der Waals surface area (Å²) in [4.78, 5) is 11.2. The van der Waals surface area contributed by atoms with Gasteiger partial charge in [-0.1, -0.05) is 13.0 Å². The van der Waals surface area contributed by atoms with Crippen molar-refractivity contribution in [2.45, 2.75) is 19.8 Å². The van der Waals surface area contributed by atoms with Gasteiger partial charge in [0.1, 0.15) is 5.78 Å². The van der Waals surface area contributed by atoms with Crippen LogP contribution in [0.15, 0.2) is 24.4 Å². The largest absolute Gasteiger partial charge is 0.299 e. The van der Waals surface area contributed by atoms with Crippen LogP contribution in [0.2, 0.25) is 0 Å². The summed E-state index contributed by atoms with van der Waals surface area (Å²) in [7, 11) is 0. The molecule has 1 unspecified atom stereocenters. The average molecular weight is 188 g/mol. The smallest absolute Gasteiger partial charge is 0.136 e. The number of aromatic nitrogens is 2. The SMILES string of the molecule is CC(=O)C(C)c1ccc2[nH]ncc2c1. The molecule has 3 heteroatoms. The lowest BCUT2D eigenvalue weighted by atomic mass is 9.97. The van der Waals surface area contributed by atoms with E-state index in [9.17, 15) is 4.79 Å². The van der Waals surface area contributed by atoms with Crippen molar-refractivity contribution in [2.75, 3.05) is 0 Å². The quantitative estimate of drug-likeness (QED) is 0.785. The van der Waals surface area contributed by atoms with Crippen LogP contribution < -0.4 is 0 Å². The Kier molecular flexibility index (Phi) is 2.08. The number of hydrogen-bond acceptors (Lipinski definition) is 2. The zero-order chi connectivity index (χ0) is 10.1. The predicted octanol–water partition coefficient (Wildman–Crippen LogP) is 2.26. The van der Waals surface area contributed by atoms with Gasteiger partial charge in [-0.3, -0.25) is 9.89 Å². The first-order valence-corrected chi connectivity index (χ1v) is 4.62. The van der Waals surface area contributed by atoms with E-state index >= 15 is 0 Å². The molecule has 0 aliphatic carbocycles. The Morgan fingerprint density at radius 1 is 1.50 bits per heavy atom. The molecule has 72 valence electrons. The van der Waals surface area contributed by atoms with Gasteiger partial charge in [0.25, 0.3) is 0 Å². The van der Waals surface area contributed by atoms with Gasteiger partial charge in [0.15, 0.2) is 0 Å². The van der Waals surface area contributed by atoms with Crippen LogP contribution in [0.25, 0.3) is 10.9 Å². The lowest BCUT2D eigenvalue weighted by Gasteiger charge is -2.07. The molecule has 2 aromatic rings. The van der Waals surface area contributed by atoms with E-state index in [0.29, 0.717) is 0 Å². The van der Waals surface area contributed by atoms with Crippen LogP contribution in [0.1, 0.15) is 25.3 Å². The Morgan fingerprint density at radius 3 is 3.00 bits per heavy atom. The summed E-state index contributed by atoms with van der Waals surface area (Å²) in [6.45, 7) is 3.54. The molecule has 0 amide bonds. The number of aromatic amines is 1. The van der Waals surface area contributed by atoms with Gasteiger partial charge in [0, 0.05) is 11.3 Å². The molecular formula is C11H12N2O. The van der Waals surface area contributed by atoms with E-state index in [0.717, 1.165) is 16.5 Å². The molecule has 0 bridgehead atoms. The summed E-state index contributed by atoms with van der Waals surface area (Å²) < 4.78 is 0. The van der Waals surface area contributed by atoms with E-state index in [1.807, 2.05) is 25.1 Å². The van der Waals surface area contributed by atoms with Gasteiger partial charge in [0.05, 0.1) is 11.7 Å². The number of nitrogens with zero attached hydrogens (tertiary/aromatic N) is 1. The monoisotopic (exact) mass is 188 g/mol. The van der Waals surface area contributed by atoms with Gasteiger partial charge in [-0.15, -0.1) is 0 Å². The highest BCUT2D eigenvalue weighted by molar-refractivity contribution is 5.85. The number of H-pyrrole nitrogens is 1. The topological polar surface area (TPSA) is 45.8 Å². The molecule has 1 aromatic heterocycles. The van der Waals surface area contributed by atoms with Crippen molar-refractivity contribution in [1.29, 1.82) is 0 Å². The number of rotatable bonds is 2. The van der Waals surface area contributed by atoms with Gasteiger partial charge in [-0.25, -0.2) is 0 Å². The normalized spacial score (nSPS) is 13.0. The summed E-state index contributed by atoms with van der Waals surface area (Å²) in [5.74, 6) is 0.155. The number of nitrogens with one attached hydrogen (secondary N) is 1. The molecule has 14 heavy (non-hydrogen) atoms. The van der Waals surface area contributed by atoms with Crippen molar-refractivity contribution < 1.29 is 4.79 Å². The maximum absolute atomic E-state index is 11.2. The number of hydrogen-bond donors (Lipinski definition) is 1. The molecule has 0 fully saturated rings. The van der Waals surface area contributed by atoms with Crippen molar-refractivity contribution >= 4 is 16.7 Å². The third kappa shape index (κ3) is 1.41. The molecule has 0 aliphatic rings. The van der Waals surface area contributed by atoms with E-state index in [4.69, 9.17) is 0 Å². The van der Waals surface area contributed by atoms with Crippen LogP contribution in [-0.4, -0.2) is 16.0 Å². The molecule has 1 N–H and O–H groups in total. The van der Waals surface area contributed by atoms with Crippen LogP contribution in [0.5, 0.6) is 0 Å². The van der Waals surface area contributed by atoms with Crippen LogP contribution in [0.3, 0.4) is 0 Å². The van der Waals surface area contributed by atoms with Crippen molar-refractivity contribution in [3.8, 4) is 0 Å². The number of ketones is 1. The Hall–Kier alpha value is -1.64. The fourth-order valence-electron chi connectivity index (χ4n) is 1.47. The highest BCUT2D eigenvalue weighted by Gasteiger charge is 2.10. The van der Waals surface area contributed by atoms with Gasteiger partial charge in [-0.05, 0) is 24.6 Å². The second-order valence-electron chi connectivity index (χ2n) is 3.55. The third-order valence-corrected chi connectivity index (χ3v) is 2.57. The Morgan fingerprint density at radius 2 is 2.29 bits per heavy atom. The molecule has 0 radical (unpaired) electrons. The molecule has 0 saturated carbocycles. The standard InChI is InChI=1S/C11H12N2O/c1-7(8(2)14)9-3-4-11-10(5-9)6-12-13-11/h3-7H,1-2H3,(H,12,13). The Labute approximate surface area is 82.1 Å². The summed E-state index contributed by atoms with van der Waals surface area (Å²) in [6, 6.07) is 5.93. The van der Waals surface area contributed by atoms with E-state index in [2.05, 4.69) is 10.2 Å². The van der Waals surface area contributed by atoms with Gasteiger partial charge < -0.3 is 0 Å². The number of benzene rings is 1. The summed E-state index contributed by atoms with van der Waals surface area (Å²) >= 11 is 0. The number of fused-ring (bicyclic) bond motifs is 1. The molecule has 2 rings (SSSR count). The molecule has 1 aromatic carbocycles. The van der Waals surface area contributed by atoms with E-state index in [1.54, 1.807) is 13.1 Å². The highest BCUT2D eigenvalue weighted by atomic mass is 16.1. The first-order valence-electron chi connectivity index (χ1n) is 4.62. The summed E-state index contributed by atoms with van der Waals surface area (Å²) in [5, 5.41) is 7.87. The molecule has 3 nitrogen and oxygen atoms in total. The lowest BCUT2D eigenvalue weighted by Crippen LogP contribution is -2.03. The Bertz CT molecular complexity index is 473. The highest BCUT2D eigenvalue weighted by Crippen LogP contribution is 2.20. The van der Waals surface area contributed by atoms with Gasteiger partial charge in [0.2, 0.25) is 0 Å². The van der Waals surface area contributed by atoms with Crippen LogP contribution in [0.4, 0.5) is 0 Å². The molecular weight excluding hydrogens is 176 g/mol. The minimum absolute atomic E-state index is 0.0331. The van der Waals surface area contributed by atoms with Crippen molar-refractivity contribution in [3.05, 3.63) is 30.0 Å². The molecule has 0 spiro atoms. The van der Waals surface area contributed by atoms with E-state index in [-0.39, 0.29) is 11.7 Å². The average Bonchev–Trinajstić information content (AvgIpc) is 2.62. The van der Waals surface area contributed by atoms with Gasteiger partial charge in [-0.2, -0.15) is 5.10 Å². The van der Waals surface area contributed by atoms with Crippen molar-refractivity contribution in [2.24, 2.45) is 0 Å². The summed E-state index contributed by atoms with van der Waals surface area (Å²) in [6.07, 6.45) is 1.77. The number of carbonyl (C=O) groups is 1. The van der Waals surface area contributed by atoms with E-state index < -0.39 is 0 Å². The Balaban J connectivity index is 2.48.